The highest BCUT2D eigenvalue weighted by Gasteiger charge is 2.27. The molecule has 0 aromatic heterocycles. The van der Waals surface area contributed by atoms with Gasteiger partial charge >= 0.3 is 0 Å². The van der Waals surface area contributed by atoms with Gasteiger partial charge in [0, 0.05) is 25.6 Å². The van der Waals surface area contributed by atoms with Crippen molar-refractivity contribution in [2.24, 2.45) is 0 Å². The molecule has 3 aromatic rings. The predicted octanol–water partition coefficient (Wildman–Crippen LogP) is 6.57. The topological polar surface area (TPSA) is 12.5 Å². The maximum absolute atomic E-state index is 6.31. The van der Waals surface area contributed by atoms with Crippen molar-refractivity contribution in [1.29, 1.82) is 0 Å². The standard InChI is InChI=1S/C23H21Cl2NO.ClH/c1-27-19-8-9-20-18(11-19)14-26(13-16-5-3-2-4-6-16)15-21(20)17-7-10-22(24)23(25)12-17;/h2-12,21H,13-15H2,1H3;1H. The Kier molecular flexibility index (Phi) is 6.90. The highest BCUT2D eigenvalue weighted by molar-refractivity contribution is 6.42. The number of fused-ring (bicyclic) bond motifs is 1. The molecule has 1 unspecified atom stereocenters. The number of rotatable bonds is 4. The zero-order chi connectivity index (χ0) is 18.8. The molecule has 0 aliphatic carbocycles. The van der Waals surface area contributed by atoms with Gasteiger partial charge in [0.2, 0.25) is 0 Å². The van der Waals surface area contributed by atoms with Gasteiger partial charge < -0.3 is 4.74 Å². The number of benzene rings is 3. The Bertz CT molecular complexity index is 946. The highest BCUT2D eigenvalue weighted by atomic mass is 35.5. The van der Waals surface area contributed by atoms with E-state index in [0.29, 0.717) is 10.0 Å². The van der Waals surface area contributed by atoms with E-state index in [1.807, 2.05) is 18.2 Å². The van der Waals surface area contributed by atoms with Crippen molar-refractivity contribution < 1.29 is 4.74 Å². The second kappa shape index (κ2) is 9.19. The van der Waals surface area contributed by atoms with Crippen LogP contribution in [0.25, 0.3) is 0 Å². The molecule has 1 atom stereocenters. The molecule has 1 aliphatic rings. The van der Waals surface area contributed by atoms with Crippen molar-refractivity contribution >= 4 is 35.6 Å². The summed E-state index contributed by atoms with van der Waals surface area (Å²) in [7, 11) is 1.71. The summed E-state index contributed by atoms with van der Waals surface area (Å²) in [4.78, 5) is 2.48. The maximum atomic E-state index is 6.31. The summed E-state index contributed by atoms with van der Waals surface area (Å²) in [5.41, 5.74) is 5.14. The number of halogens is 3. The lowest BCUT2D eigenvalue weighted by Gasteiger charge is -2.35. The lowest BCUT2D eigenvalue weighted by Crippen LogP contribution is -2.33. The molecule has 2 nitrogen and oxygen atoms in total. The Labute approximate surface area is 182 Å². The van der Waals surface area contributed by atoms with Gasteiger partial charge in [-0.1, -0.05) is 65.7 Å². The summed E-state index contributed by atoms with van der Waals surface area (Å²) in [5.74, 6) is 1.14. The molecule has 28 heavy (non-hydrogen) atoms. The van der Waals surface area contributed by atoms with E-state index in [0.717, 1.165) is 25.4 Å². The molecule has 0 amide bonds. The summed E-state index contributed by atoms with van der Waals surface area (Å²) in [6, 6.07) is 22.9. The molecule has 5 heteroatoms. The van der Waals surface area contributed by atoms with Gasteiger partial charge in [0.1, 0.15) is 5.75 Å². The summed E-state index contributed by atoms with van der Waals surface area (Å²) >= 11 is 12.4. The molecular formula is C23H22Cl3NO. The van der Waals surface area contributed by atoms with Gasteiger partial charge in [0.15, 0.2) is 0 Å². The van der Waals surface area contributed by atoms with Crippen molar-refractivity contribution in [3.8, 4) is 5.75 Å². The van der Waals surface area contributed by atoms with Crippen LogP contribution in [-0.4, -0.2) is 18.6 Å². The number of ether oxygens (including phenoxy) is 1. The minimum absolute atomic E-state index is 0. The van der Waals surface area contributed by atoms with E-state index < -0.39 is 0 Å². The minimum atomic E-state index is 0. The second-order valence-corrected chi connectivity index (χ2v) is 7.76. The van der Waals surface area contributed by atoms with Gasteiger partial charge in [0.05, 0.1) is 17.2 Å². The van der Waals surface area contributed by atoms with E-state index >= 15 is 0 Å². The Morgan fingerprint density at radius 1 is 0.964 bits per heavy atom. The van der Waals surface area contributed by atoms with Crippen LogP contribution in [0.4, 0.5) is 0 Å². The Morgan fingerprint density at radius 2 is 1.75 bits per heavy atom. The molecule has 0 saturated heterocycles. The first-order valence-corrected chi connectivity index (χ1v) is 9.77. The number of methoxy groups -OCH3 is 1. The molecule has 0 fully saturated rings. The fourth-order valence-corrected chi connectivity index (χ4v) is 4.13. The van der Waals surface area contributed by atoms with Gasteiger partial charge in [-0.3, -0.25) is 4.90 Å². The Morgan fingerprint density at radius 3 is 2.46 bits per heavy atom. The van der Waals surface area contributed by atoms with Crippen LogP contribution in [0.1, 0.15) is 28.2 Å². The van der Waals surface area contributed by atoms with Crippen LogP contribution in [0.5, 0.6) is 5.75 Å². The second-order valence-electron chi connectivity index (χ2n) is 6.95. The van der Waals surface area contributed by atoms with Crippen LogP contribution in [0.2, 0.25) is 10.0 Å². The SMILES string of the molecule is COc1ccc2c(c1)CN(Cc1ccccc1)CC2c1ccc(Cl)c(Cl)c1.Cl. The molecule has 0 spiro atoms. The fraction of sp³-hybridized carbons (Fsp3) is 0.217. The molecule has 3 aromatic carbocycles. The van der Waals surface area contributed by atoms with Gasteiger partial charge in [-0.25, -0.2) is 0 Å². The van der Waals surface area contributed by atoms with E-state index in [2.05, 4.69) is 53.4 Å². The maximum Gasteiger partial charge on any atom is 0.119 e. The average molecular weight is 435 g/mol. The number of hydrogen-bond acceptors (Lipinski definition) is 2. The molecule has 1 aliphatic heterocycles. The van der Waals surface area contributed by atoms with Gasteiger partial charge in [-0.15, -0.1) is 12.4 Å². The van der Waals surface area contributed by atoms with E-state index in [-0.39, 0.29) is 18.3 Å². The Hall–Kier alpha value is -1.71. The first-order chi connectivity index (χ1) is 13.1. The zero-order valence-electron chi connectivity index (χ0n) is 15.6. The van der Waals surface area contributed by atoms with Gasteiger partial charge in [0.25, 0.3) is 0 Å². The molecule has 0 N–H and O–H groups in total. The third-order valence-electron chi connectivity index (χ3n) is 5.16. The predicted molar refractivity (Wildman–Crippen MR) is 119 cm³/mol. The van der Waals surface area contributed by atoms with Crippen molar-refractivity contribution in [1.82, 2.24) is 4.90 Å². The van der Waals surface area contributed by atoms with Crippen molar-refractivity contribution in [2.45, 2.75) is 19.0 Å². The number of hydrogen-bond donors (Lipinski definition) is 0. The molecule has 0 saturated carbocycles. The first-order valence-electron chi connectivity index (χ1n) is 9.02. The van der Waals surface area contributed by atoms with Crippen LogP contribution in [-0.2, 0) is 13.1 Å². The molecule has 4 rings (SSSR count). The fourth-order valence-electron chi connectivity index (χ4n) is 3.82. The molecule has 146 valence electrons. The van der Waals surface area contributed by atoms with Crippen LogP contribution >= 0.6 is 35.6 Å². The molecule has 1 heterocycles. The summed E-state index contributed by atoms with van der Waals surface area (Å²) in [6.07, 6.45) is 0. The monoisotopic (exact) mass is 433 g/mol. The summed E-state index contributed by atoms with van der Waals surface area (Å²) in [5, 5.41) is 1.19. The summed E-state index contributed by atoms with van der Waals surface area (Å²) < 4.78 is 5.45. The third kappa shape index (κ3) is 4.47. The quantitative estimate of drug-likeness (QED) is 0.460. The zero-order valence-corrected chi connectivity index (χ0v) is 17.9. The lowest BCUT2D eigenvalue weighted by atomic mass is 9.84. The highest BCUT2D eigenvalue weighted by Crippen LogP contribution is 2.37. The van der Waals surface area contributed by atoms with Crippen molar-refractivity contribution in [2.75, 3.05) is 13.7 Å². The van der Waals surface area contributed by atoms with Gasteiger partial charge in [-0.2, -0.15) is 0 Å². The van der Waals surface area contributed by atoms with Crippen LogP contribution in [0.3, 0.4) is 0 Å². The molecule has 0 radical (unpaired) electrons. The largest absolute Gasteiger partial charge is 0.497 e. The Balaban J connectivity index is 0.00000225. The van der Waals surface area contributed by atoms with Gasteiger partial charge in [-0.05, 0) is 46.5 Å². The average Bonchev–Trinajstić information content (AvgIpc) is 2.70. The van der Waals surface area contributed by atoms with Crippen molar-refractivity contribution in [3.63, 3.8) is 0 Å². The lowest BCUT2D eigenvalue weighted by molar-refractivity contribution is 0.231. The normalized spacial score (nSPS) is 16.2. The van der Waals surface area contributed by atoms with E-state index in [1.165, 1.54) is 22.3 Å². The first kappa shape index (κ1) is 21.0. The van der Waals surface area contributed by atoms with E-state index in [9.17, 15) is 0 Å². The van der Waals surface area contributed by atoms with Crippen molar-refractivity contribution in [3.05, 3.63) is 99.0 Å². The van der Waals surface area contributed by atoms with Crippen LogP contribution in [0.15, 0.2) is 66.7 Å². The smallest absolute Gasteiger partial charge is 0.119 e. The van der Waals surface area contributed by atoms with Crippen LogP contribution in [0, 0.1) is 0 Å². The summed E-state index contributed by atoms with van der Waals surface area (Å²) in [6.45, 7) is 2.75. The minimum Gasteiger partial charge on any atom is -0.497 e. The van der Waals surface area contributed by atoms with E-state index in [4.69, 9.17) is 27.9 Å². The molecule has 0 bridgehead atoms. The van der Waals surface area contributed by atoms with E-state index in [1.54, 1.807) is 7.11 Å². The third-order valence-corrected chi connectivity index (χ3v) is 5.89. The molecular weight excluding hydrogens is 413 g/mol. The van der Waals surface area contributed by atoms with Crippen LogP contribution < -0.4 is 4.74 Å². The number of nitrogens with zero attached hydrogens (tertiary/aromatic N) is 1.